The summed E-state index contributed by atoms with van der Waals surface area (Å²) in [6, 6.07) is 0. The van der Waals surface area contributed by atoms with E-state index in [9.17, 15) is 0 Å². The van der Waals surface area contributed by atoms with Crippen molar-refractivity contribution in [2.24, 2.45) is 0 Å². The van der Waals surface area contributed by atoms with Gasteiger partial charge >= 0.3 is 0 Å². The third-order valence-electron chi connectivity index (χ3n) is 0.228. The Morgan fingerprint density at radius 2 is 2.60 bits per heavy atom. The molecule has 0 unspecified atom stereocenters. The molecule has 0 aromatic rings. The predicted molar refractivity (Wildman–Crippen MR) is 20.5 cm³/mol. The van der Waals surface area contributed by atoms with Crippen LogP contribution < -0.4 is 5.39 Å². The zero-order valence-corrected chi connectivity index (χ0v) is 3.19. The molecule has 28 valence electrons. The van der Waals surface area contributed by atoms with Crippen LogP contribution in [0.15, 0.2) is 0 Å². The molecule has 0 spiro atoms. The van der Waals surface area contributed by atoms with Gasteiger partial charge in [-0.05, 0) is 6.92 Å². The molecule has 1 N–H and O–H groups in total. The lowest BCUT2D eigenvalue weighted by atomic mass is 10.5. The molecule has 2 nitrogen and oxygen atoms in total. The molecule has 0 saturated heterocycles. The Labute approximate surface area is 32.9 Å². The fourth-order valence-electron chi connectivity index (χ4n) is 0.0833. The van der Waals surface area contributed by atoms with Crippen LogP contribution in [-0.2, 0) is 4.84 Å². The van der Waals surface area contributed by atoms with Crippen molar-refractivity contribution in [3.8, 4) is 0 Å². The van der Waals surface area contributed by atoms with Crippen molar-refractivity contribution < 1.29 is 4.84 Å². The van der Waals surface area contributed by atoms with Gasteiger partial charge in [-0.25, -0.2) is 0 Å². The summed E-state index contributed by atoms with van der Waals surface area (Å²) in [7, 11) is 4.67. The second-order valence-corrected chi connectivity index (χ2v) is 0.551. The monoisotopic (exact) mass is 71.1 g/mol. The van der Waals surface area contributed by atoms with E-state index in [1.54, 1.807) is 0 Å². The van der Waals surface area contributed by atoms with Gasteiger partial charge in [-0.2, -0.15) is 0 Å². The fourth-order valence-corrected chi connectivity index (χ4v) is 0.0833. The molecule has 3 heteroatoms. The van der Waals surface area contributed by atoms with E-state index in [-0.39, 0.29) is 0 Å². The van der Waals surface area contributed by atoms with E-state index in [0.29, 0.717) is 6.61 Å². The molecule has 0 aliphatic heterocycles. The standard InChI is InChI=1S/C2H6BNO/c1-2-5-4-3/h4H,2H2,1H3. The predicted octanol–water partition coefficient (Wildman–Crippen LogP) is -0.389. The molecule has 0 rings (SSSR count). The van der Waals surface area contributed by atoms with Crippen LogP contribution >= 0.6 is 0 Å². The van der Waals surface area contributed by atoms with Crippen molar-refractivity contribution in [3.05, 3.63) is 0 Å². The van der Waals surface area contributed by atoms with Crippen molar-refractivity contribution in [2.75, 3.05) is 6.61 Å². The quantitative estimate of drug-likeness (QED) is 0.353. The first-order valence-electron chi connectivity index (χ1n) is 1.49. The second-order valence-electron chi connectivity index (χ2n) is 0.551. The molecule has 0 aliphatic rings. The van der Waals surface area contributed by atoms with Gasteiger partial charge < -0.3 is 4.84 Å². The first kappa shape index (κ1) is 4.98. The minimum atomic E-state index is 0.608. The summed E-state index contributed by atoms with van der Waals surface area (Å²) in [6.45, 7) is 2.45. The minimum absolute atomic E-state index is 0.608. The van der Waals surface area contributed by atoms with Crippen LogP contribution in [0.4, 0.5) is 0 Å². The van der Waals surface area contributed by atoms with Gasteiger partial charge in [0.15, 0.2) is 0 Å². The maximum Gasteiger partial charge on any atom is 0.219 e. The Kier molecular flexibility index (Phi) is 3.97. The fraction of sp³-hybridized carbons (Fsp3) is 1.00. The molecule has 0 atom stereocenters. The number of nitrogens with one attached hydrogen (secondary N) is 1. The maximum atomic E-state index is 4.67. The van der Waals surface area contributed by atoms with Crippen LogP contribution in [0.1, 0.15) is 6.92 Å². The van der Waals surface area contributed by atoms with Crippen LogP contribution in [0.5, 0.6) is 0 Å². The van der Waals surface area contributed by atoms with E-state index < -0.39 is 0 Å². The Morgan fingerprint density at radius 1 is 2.00 bits per heavy atom. The van der Waals surface area contributed by atoms with Crippen molar-refractivity contribution >= 4 is 7.98 Å². The summed E-state index contributed by atoms with van der Waals surface area (Å²) in [5.74, 6) is 0. The highest BCUT2D eigenvalue weighted by Crippen LogP contribution is 1.52. The Morgan fingerprint density at radius 3 is 2.60 bits per heavy atom. The lowest BCUT2D eigenvalue weighted by Crippen LogP contribution is -2.07. The van der Waals surface area contributed by atoms with Crippen molar-refractivity contribution in [1.29, 1.82) is 0 Å². The Hall–Kier alpha value is -0.0151. The summed E-state index contributed by atoms with van der Waals surface area (Å²) >= 11 is 0. The summed E-state index contributed by atoms with van der Waals surface area (Å²) < 4.78 is 0. The first-order chi connectivity index (χ1) is 2.41. The molecule has 2 radical (unpaired) electrons. The lowest BCUT2D eigenvalue weighted by molar-refractivity contribution is 0.107. The zero-order valence-electron chi connectivity index (χ0n) is 3.19. The molecule has 5 heavy (non-hydrogen) atoms. The minimum Gasteiger partial charge on any atom is -0.315 e. The molecule has 0 saturated carbocycles. The summed E-state index contributed by atoms with van der Waals surface area (Å²) in [5, 5.41) is 2.02. The van der Waals surface area contributed by atoms with Crippen LogP contribution in [-0.4, -0.2) is 14.6 Å². The number of hydrogen-bond donors (Lipinski definition) is 1. The largest absolute Gasteiger partial charge is 0.315 e. The van der Waals surface area contributed by atoms with Crippen LogP contribution in [0.2, 0.25) is 0 Å². The van der Waals surface area contributed by atoms with Gasteiger partial charge in [0.2, 0.25) is 7.98 Å². The third kappa shape index (κ3) is 3.98. The van der Waals surface area contributed by atoms with Crippen LogP contribution in [0.3, 0.4) is 0 Å². The summed E-state index contributed by atoms with van der Waals surface area (Å²) in [5.41, 5.74) is 0. The molecular formula is C2H6BNO. The van der Waals surface area contributed by atoms with E-state index in [0.717, 1.165) is 0 Å². The zero-order chi connectivity index (χ0) is 4.12. The Bertz CT molecular complexity index is 17.1. The van der Waals surface area contributed by atoms with E-state index in [4.69, 9.17) is 0 Å². The molecule has 0 heterocycles. The van der Waals surface area contributed by atoms with Gasteiger partial charge in [0.1, 0.15) is 0 Å². The van der Waals surface area contributed by atoms with Crippen LogP contribution in [0.25, 0.3) is 0 Å². The molecule has 0 aliphatic carbocycles. The number of rotatable bonds is 2. The topological polar surface area (TPSA) is 21.3 Å². The highest BCUT2D eigenvalue weighted by molar-refractivity contribution is 6.03. The average molecular weight is 70.9 g/mol. The molecule has 0 bridgehead atoms. The van der Waals surface area contributed by atoms with Crippen molar-refractivity contribution in [3.63, 3.8) is 0 Å². The van der Waals surface area contributed by atoms with Crippen molar-refractivity contribution in [1.82, 2.24) is 5.39 Å². The first-order valence-corrected chi connectivity index (χ1v) is 1.49. The molecule has 0 aromatic carbocycles. The van der Waals surface area contributed by atoms with E-state index in [1.165, 1.54) is 0 Å². The van der Waals surface area contributed by atoms with E-state index in [1.807, 2.05) is 12.3 Å². The highest BCUT2D eigenvalue weighted by atomic mass is 16.6. The van der Waals surface area contributed by atoms with Gasteiger partial charge in [-0.3, -0.25) is 5.39 Å². The van der Waals surface area contributed by atoms with E-state index >= 15 is 0 Å². The highest BCUT2D eigenvalue weighted by Gasteiger charge is 1.61. The molecule has 0 fully saturated rings. The molecule has 0 amide bonds. The lowest BCUT2D eigenvalue weighted by Gasteiger charge is -1.89. The molecule has 0 aromatic heterocycles. The smallest absolute Gasteiger partial charge is 0.219 e. The van der Waals surface area contributed by atoms with Gasteiger partial charge in [0, 0.05) is 0 Å². The summed E-state index contributed by atoms with van der Waals surface area (Å²) in [4.78, 5) is 4.36. The maximum absolute atomic E-state index is 4.67. The number of hydrogen-bond acceptors (Lipinski definition) is 2. The second kappa shape index (κ2) is 3.98. The molecular weight excluding hydrogens is 64.8 g/mol. The van der Waals surface area contributed by atoms with E-state index in [2.05, 4.69) is 12.8 Å². The van der Waals surface area contributed by atoms with Crippen molar-refractivity contribution in [2.45, 2.75) is 6.92 Å². The van der Waals surface area contributed by atoms with Gasteiger partial charge in [0.05, 0.1) is 6.61 Å². The Balaban J connectivity index is 2.19. The van der Waals surface area contributed by atoms with Crippen LogP contribution in [0, 0.1) is 0 Å². The summed E-state index contributed by atoms with van der Waals surface area (Å²) in [6.07, 6.45) is 0. The SMILES string of the molecule is [B]NOCC. The normalized spacial score (nSPS) is 8.20. The van der Waals surface area contributed by atoms with Gasteiger partial charge in [-0.1, -0.05) is 0 Å². The van der Waals surface area contributed by atoms with Gasteiger partial charge in [0.25, 0.3) is 0 Å². The third-order valence-corrected chi connectivity index (χ3v) is 0.228. The van der Waals surface area contributed by atoms with Gasteiger partial charge in [-0.15, -0.1) is 0 Å². The average Bonchev–Trinajstić information content (AvgIpc) is 1.41.